The van der Waals surface area contributed by atoms with Crippen LogP contribution < -0.4 is 5.32 Å². The van der Waals surface area contributed by atoms with E-state index in [1.807, 2.05) is 0 Å². The summed E-state index contributed by atoms with van der Waals surface area (Å²) in [5, 5.41) is 13.0. The van der Waals surface area contributed by atoms with Gasteiger partial charge in [0.05, 0.1) is 26.1 Å². The minimum atomic E-state index is -2.48. The highest BCUT2D eigenvalue weighted by Gasteiger charge is 2.52. The molecule has 2 aromatic heterocycles. The molecule has 3 heterocycles. The second-order valence-electron chi connectivity index (χ2n) is 12.6. The van der Waals surface area contributed by atoms with E-state index in [0.717, 1.165) is 0 Å². The molecule has 1 aliphatic rings. The number of carbonyl (C=O) groups is 3. The number of carbonyl (C=O) groups excluding carboxylic acids is 3. The molecule has 4 atom stereocenters. The first-order valence-electron chi connectivity index (χ1n) is 15.1. The third-order valence-corrected chi connectivity index (χ3v) is 12.1. The predicted molar refractivity (Wildman–Crippen MR) is 166 cm³/mol. The molecule has 0 aromatic carbocycles. The lowest BCUT2D eigenvalue weighted by Crippen LogP contribution is -2.51. The van der Waals surface area contributed by atoms with Crippen LogP contribution >= 0.6 is 0 Å². The Morgan fingerprint density at radius 3 is 2.13 bits per heavy atom. The van der Waals surface area contributed by atoms with Crippen LogP contribution in [0.2, 0.25) is 18.1 Å². The van der Waals surface area contributed by atoms with E-state index in [0.29, 0.717) is 11.2 Å². The number of aromatic nitrogens is 4. The Hall–Kier alpha value is -3.06. The number of aliphatic hydroxyl groups is 1. The number of esters is 2. The summed E-state index contributed by atoms with van der Waals surface area (Å²) in [5.74, 6) is -1.26. The molecule has 0 spiro atoms. The Kier molecular flexibility index (Phi) is 13.1. The first-order chi connectivity index (χ1) is 21.6. The van der Waals surface area contributed by atoms with Crippen molar-refractivity contribution >= 4 is 43.1 Å². The van der Waals surface area contributed by atoms with E-state index in [4.69, 9.17) is 32.8 Å². The van der Waals surface area contributed by atoms with Gasteiger partial charge in [0.15, 0.2) is 31.5 Å². The molecule has 0 radical (unpaired) electrons. The first kappa shape index (κ1) is 37.4. The van der Waals surface area contributed by atoms with Crippen molar-refractivity contribution in [1.82, 2.24) is 19.5 Å². The number of amides is 1. The second kappa shape index (κ2) is 16.2. The summed E-state index contributed by atoms with van der Waals surface area (Å²) in [6.07, 6.45) is -0.768. The van der Waals surface area contributed by atoms with Crippen LogP contribution in [-0.2, 0) is 47.2 Å². The van der Waals surface area contributed by atoms with Gasteiger partial charge in [0, 0.05) is 19.8 Å². The summed E-state index contributed by atoms with van der Waals surface area (Å²) in [4.78, 5) is 48.1. The molecule has 2 unspecified atom stereocenters. The summed E-state index contributed by atoms with van der Waals surface area (Å²) in [6.45, 7) is 14.4. The lowest BCUT2D eigenvalue weighted by atomic mass is 10.1. The van der Waals surface area contributed by atoms with Crippen LogP contribution in [0.4, 0.5) is 5.82 Å². The molecular formula is C29H47N5O11Si. The third-order valence-electron chi connectivity index (χ3n) is 7.65. The predicted octanol–water partition coefficient (Wildman–Crippen LogP) is 2.53. The van der Waals surface area contributed by atoms with Gasteiger partial charge in [-0.05, 0) is 18.1 Å². The van der Waals surface area contributed by atoms with Crippen molar-refractivity contribution in [3.8, 4) is 0 Å². The topological polar surface area (TPSA) is 192 Å². The van der Waals surface area contributed by atoms with Crippen molar-refractivity contribution in [2.45, 2.75) is 97.6 Å². The van der Waals surface area contributed by atoms with Crippen LogP contribution in [0.5, 0.6) is 0 Å². The largest absolute Gasteiger partial charge is 0.463 e. The van der Waals surface area contributed by atoms with Crippen LogP contribution in [0.1, 0.15) is 54.7 Å². The molecule has 0 aliphatic carbocycles. The number of aliphatic hydroxyl groups excluding tert-OH is 1. The average Bonchev–Trinajstić information content (AvgIpc) is 3.53. The summed E-state index contributed by atoms with van der Waals surface area (Å²) >= 11 is 0. The SMILES string of the molecule is CC(=O)OCCOC(OCCOC(C)=O)OC1C(O[Si](C)(C)C(C)(C)C)[C@@H](CO)O[C@H]1n1cnc2c(NC(=O)C(C)C)ncnc21. The molecular weight excluding hydrogens is 622 g/mol. The van der Waals surface area contributed by atoms with Crippen LogP contribution in [-0.4, -0.2) is 109 Å². The van der Waals surface area contributed by atoms with E-state index in [2.05, 4.69) is 54.1 Å². The molecule has 46 heavy (non-hydrogen) atoms. The number of rotatable bonds is 16. The van der Waals surface area contributed by atoms with Crippen molar-refractivity contribution < 1.29 is 52.3 Å². The van der Waals surface area contributed by atoms with Gasteiger partial charge in [-0.2, -0.15) is 0 Å². The molecule has 17 heteroatoms. The van der Waals surface area contributed by atoms with Gasteiger partial charge < -0.3 is 43.3 Å². The zero-order valence-electron chi connectivity index (χ0n) is 28.0. The minimum Gasteiger partial charge on any atom is -0.463 e. The first-order valence-corrected chi connectivity index (χ1v) is 18.0. The normalized spacial score (nSPS) is 20.4. The zero-order valence-corrected chi connectivity index (χ0v) is 29.0. The molecule has 1 fully saturated rings. The molecule has 1 aliphatic heterocycles. The molecule has 1 saturated heterocycles. The van der Waals surface area contributed by atoms with Crippen molar-refractivity contribution in [3.05, 3.63) is 12.7 Å². The lowest BCUT2D eigenvalue weighted by Gasteiger charge is -2.40. The highest BCUT2D eigenvalue weighted by molar-refractivity contribution is 6.74. The molecule has 2 N–H and O–H groups in total. The number of imidazole rings is 1. The minimum absolute atomic E-state index is 0.0653. The summed E-state index contributed by atoms with van der Waals surface area (Å²) < 4.78 is 42.7. The molecule has 2 aromatic rings. The van der Waals surface area contributed by atoms with Gasteiger partial charge in [-0.15, -0.1) is 0 Å². The van der Waals surface area contributed by atoms with E-state index in [-0.39, 0.29) is 49.1 Å². The number of fused-ring (bicyclic) bond motifs is 1. The van der Waals surface area contributed by atoms with Gasteiger partial charge >= 0.3 is 11.9 Å². The third kappa shape index (κ3) is 9.73. The number of anilines is 1. The summed E-state index contributed by atoms with van der Waals surface area (Å²) in [6, 6.07) is 0. The van der Waals surface area contributed by atoms with Crippen molar-refractivity contribution in [1.29, 1.82) is 0 Å². The van der Waals surface area contributed by atoms with E-state index in [1.54, 1.807) is 18.4 Å². The van der Waals surface area contributed by atoms with Crippen molar-refractivity contribution in [2.24, 2.45) is 5.92 Å². The highest BCUT2D eigenvalue weighted by atomic mass is 28.4. The smallest absolute Gasteiger partial charge is 0.302 e. The maximum atomic E-state index is 12.4. The fourth-order valence-corrected chi connectivity index (χ4v) is 5.51. The molecule has 0 bridgehead atoms. The standard InChI is InChI=1S/C29H47N5O11Si/c1-17(2)26(38)33-24-21-25(31-15-30-24)34(16-32-21)27-23(22(20(14-35)43-27)45-46(8,9)29(5,6)7)44-28(41-12-10-39-18(3)36)42-13-11-40-19(4)37/h15-17,20,22-23,27-28,35H,10-14H2,1-9H3,(H,30,31,33,38)/t20-,22?,23?,27-/m1/s1. The molecule has 16 nitrogen and oxygen atoms in total. The van der Waals surface area contributed by atoms with Crippen molar-refractivity contribution in [3.63, 3.8) is 0 Å². The molecule has 3 rings (SSSR count). The van der Waals surface area contributed by atoms with Crippen molar-refractivity contribution in [2.75, 3.05) is 38.4 Å². The Morgan fingerprint density at radius 2 is 1.61 bits per heavy atom. The maximum absolute atomic E-state index is 12.4. The molecule has 1 amide bonds. The fraction of sp³-hybridized carbons (Fsp3) is 0.724. The van der Waals surface area contributed by atoms with Gasteiger partial charge in [0.2, 0.25) is 5.91 Å². The van der Waals surface area contributed by atoms with Gasteiger partial charge in [0.1, 0.15) is 37.9 Å². The number of nitrogens with zero attached hydrogens (tertiary/aromatic N) is 4. The monoisotopic (exact) mass is 669 g/mol. The lowest BCUT2D eigenvalue weighted by molar-refractivity contribution is -0.320. The van der Waals surface area contributed by atoms with Crippen LogP contribution in [0.25, 0.3) is 11.2 Å². The van der Waals surface area contributed by atoms with E-state index >= 15 is 0 Å². The number of hydrogen-bond donors (Lipinski definition) is 2. The highest BCUT2D eigenvalue weighted by Crippen LogP contribution is 2.43. The van der Waals surface area contributed by atoms with Crippen LogP contribution in [0, 0.1) is 5.92 Å². The van der Waals surface area contributed by atoms with Gasteiger partial charge in [-0.25, -0.2) is 15.0 Å². The number of hydrogen-bond acceptors (Lipinski definition) is 14. The Bertz CT molecular complexity index is 1310. The zero-order chi connectivity index (χ0) is 34.2. The van der Waals surface area contributed by atoms with E-state index in [9.17, 15) is 19.5 Å². The average molecular weight is 670 g/mol. The Labute approximate surface area is 269 Å². The molecule has 0 saturated carbocycles. The van der Waals surface area contributed by atoms with Gasteiger partial charge in [-0.1, -0.05) is 34.6 Å². The Morgan fingerprint density at radius 1 is 1.00 bits per heavy atom. The molecule has 258 valence electrons. The second-order valence-corrected chi connectivity index (χ2v) is 17.3. The maximum Gasteiger partial charge on any atom is 0.302 e. The summed E-state index contributed by atoms with van der Waals surface area (Å²) in [5.41, 5.74) is 0.653. The van der Waals surface area contributed by atoms with Gasteiger partial charge in [0.25, 0.3) is 6.48 Å². The van der Waals surface area contributed by atoms with Crippen LogP contribution in [0.15, 0.2) is 12.7 Å². The van der Waals surface area contributed by atoms with E-state index in [1.165, 1.54) is 26.5 Å². The number of nitrogens with one attached hydrogen (secondary N) is 1. The van der Waals surface area contributed by atoms with Crippen LogP contribution in [0.3, 0.4) is 0 Å². The summed E-state index contributed by atoms with van der Waals surface area (Å²) in [7, 11) is -2.48. The fourth-order valence-electron chi connectivity index (χ4n) is 4.19. The van der Waals surface area contributed by atoms with E-state index < -0.39 is 57.9 Å². The van der Waals surface area contributed by atoms with Gasteiger partial charge in [-0.3, -0.25) is 19.0 Å². The quantitative estimate of drug-likeness (QED) is 0.115. The Balaban J connectivity index is 2.02. The number of ether oxygens (including phenoxy) is 6.